The molecule has 0 bridgehead atoms. The summed E-state index contributed by atoms with van der Waals surface area (Å²) in [5.74, 6) is 0.749. The smallest absolute Gasteiger partial charge is 0.276 e. The van der Waals surface area contributed by atoms with E-state index in [1.165, 1.54) is 6.42 Å². The molecular formula is C18H23BrN2O2. The summed E-state index contributed by atoms with van der Waals surface area (Å²) in [4.78, 5) is 11.9. The number of nitrogens with one attached hydrogen (secondary N) is 2. The van der Waals surface area contributed by atoms with E-state index in [0.717, 1.165) is 47.2 Å². The molecule has 2 N–H and O–H groups in total. The molecule has 0 saturated heterocycles. The summed E-state index contributed by atoms with van der Waals surface area (Å²) in [6, 6.07) is 7.93. The molecule has 23 heavy (non-hydrogen) atoms. The minimum atomic E-state index is -0.185. The van der Waals surface area contributed by atoms with E-state index in [-0.39, 0.29) is 12.5 Å². The molecule has 1 aromatic rings. The number of ether oxygens (including phenoxy) is 1. The van der Waals surface area contributed by atoms with Gasteiger partial charge in [-0.1, -0.05) is 41.1 Å². The molecule has 0 spiro atoms. The zero-order chi connectivity index (χ0) is 16.5. The molecule has 1 aromatic carbocycles. The third-order valence-electron chi connectivity index (χ3n) is 3.54. The van der Waals surface area contributed by atoms with Gasteiger partial charge in [0.05, 0.1) is 11.5 Å². The Morgan fingerprint density at radius 3 is 2.70 bits per heavy atom. The molecule has 0 radical (unpaired) electrons. The van der Waals surface area contributed by atoms with Crippen LogP contribution in [-0.4, -0.2) is 12.5 Å². The molecular weight excluding hydrogens is 356 g/mol. The third kappa shape index (κ3) is 6.10. The van der Waals surface area contributed by atoms with Gasteiger partial charge in [0.2, 0.25) is 0 Å². The van der Waals surface area contributed by atoms with Crippen molar-refractivity contribution >= 4 is 27.5 Å². The highest BCUT2D eigenvalue weighted by Crippen LogP contribution is 2.18. The van der Waals surface area contributed by atoms with Crippen LogP contribution in [0.25, 0.3) is 5.70 Å². The summed E-state index contributed by atoms with van der Waals surface area (Å²) in [5, 5.41) is 0. The maximum atomic E-state index is 11.9. The Balaban J connectivity index is 1.83. The van der Waals surface area contributed by atoms with Gasteiger partial charge in [-0.25, -0.2) is 0 Å². The topological polar surface area (TPSA) is 50.4 Å². The number of hydrogen-bond donors (Lipinski definition) is 2. The van der Waals surface area contributed by atoms with Crippen molar-refractivity contribution in [1.82, 2.24) is 10.9 Å². The first-order chi connectivity index (χ1) is 11.2. The van der Waals surface area contributed by atoms with Gasteiger partial charge in [0.25, 0.3) is 5.91 Å². The van der Waals surface area contributed by atoms with Gasteiger partial charge in [-0.15, -0.1) is 0 Å². The van der Waals surface area contributed by atoms with Gasteiger partial charge in [-0.2, -0.15) is 0 Å². The quantitative estimate of drug-likeness (QED) is 0.695. The number of amides is 1. The molecule has 0 unspecified atom stereocenters. The van der Waals surface area contributed by atoms with Crippen LogP contribution in [0.3, 0.4) is 0 Å². The summed E-state index contributed by atoms with van der Waals surface area (Å²) in [6.07, 6.45) is 9.31. The number of benzene rings is 1. The second kappa shape index (κ2) is 9.40. The molecule has 5 heteroatoms. The average Bonchev–Trinajstić information content (AvgIpc) is 2.58. The second-order valence-electron chi connectivity index (χ2n) is 5.41. The van der Waals surface area contributed by atoms with Crippen LogP contribution in [0, 0.1) is 0 Å². The summed E-state index contributed by atoms with van der Waals surface area (Å²) >= 11 is 3.42. The standard InChI is InChI=1S/C18H23BrN2O2/c1-2-6-17(14-9-11-15(19)12-10-14)20-21-18(22)13-23-16-7-4-3-5-8-16/h6-7,9-12,20H,2-5,8,13H2,1H3,(H,21,22). The van der Waals surface area contributed by atoms with Crippen LogP contribution in [0.5, 0.6) is 0 Å². The Morgan fingerprint density at radius 1 is 1.26 bits per heavy atom. The molecule has 0 aliphatic heterocycles. The van der Waals surface area contributed by atoms with Gasteiger partial charge >= 0.3 is 0 Å². The first kappa shape index (κ1) is 17.6. The van der Waals surface area contributed by atoms with Crippen molar-refractivity contribution in [1.29, 1.82) is 0 Å². The minimum absolute atomic E-state index is 0.0403. The number of carbonyl (C=O) groups excluding carboxylic acids is 1. The maximum absolute atomic E-state index is 11.9. The molecule has 0 fully saturated rings. The Hall–Kier alpha value is -1.75. The van der Waals surface area contributed by atoms with Crippen molar-refractivity contribution in [3.63, 3.8) is 0 Å². The Labute approximate surface area is 146 Å². The van der Waals surface area contributed by atoms with Crippen LogP contribution < -0.4 is 10.9 Å². The average molecular weight is 379 g/mol. The fourth-order valence-electron chi connectivity index (χ4n) is 2.35. The SMILES string of the molecule is CCC=C(NNC(=O)COC1=CCCCC1)c1ccc(Br)cc1. The van der Waals surface area contributed by atoms with Crippen molar-refractivity contribution in [2.24, 2.45) is 0 Å². The minimum Gasteiger partial charge on any atom is -0.488 e. The van der Waals surface area contributed by atoms with Crippen LogP contribution in [0.1, 0.15) is 44.6 Å². The van der Waals surface area contributed by atoms with E-state index in [4.69, 9.17) is 4.74 Å². The number of hydrogen-bond acceptors (Lipinski definition) is 3. The molecule has 0 aromatic heterocycles. The molecule has 2 rings (SSSR count). The number of carbonyl (C=O) groups is 1. The van der Waals surface area contributed by atoms with Crippen LogP contribution in [0.4, 0.5) is 0 Å². The predicted octanol–water partition coefficient (Wildman–Crippen LogP) is 4.30. The maximum Gasteiger partial charge on any atom is 0.276 e. The number of rotatable bonds is 7. The van der Waals surface area contributed by atoms with Gasteiger partial charge in [0.1, 0.15) is 0 Å². The highest BCUT2D eigenvalue weighted by atomic mass is 79.9. The van der Waals surface area contributed by atoms with Gasteiger partial charge in [-0.3, -0.25) is 15.6 Å². The highest BCUT2D eigenvalue weighted by molar-refractivity contribution is 9.10. The van der Waals surface area contributed by atoms with Crippen LogP contribution in [-0.2, 0) is 9.53 Å². The zero-order valence-corrected chi connectivity index (χ0v) is 15.0. The lowest BCUT2D eigenvalue weighted by Crippen LogP contribution is -2.38. The van der Waals surface area contributed by atoms with Crippen molar-refractivity contribution in [3.8, 4) is 0 Å². The fourth-order valence-corrected chi connectivity index (χ4v) is 2.61. The van der Waals surface area contributed by atoms with Gasteiger partial charge in [0.15, 0.2) is 6.61 Å². The fraction of sp³-hybridized carbons (Fsp3) is 0.389. The number of hydrazine groups is 1. The second-order valence-corrected chi connectivity index (χ2v) is 6.33. The van der Waals surface area contributed by atoms with E-state index in [9.17, 15) is 4.79 Å². The van der Waals surface area contributed by atoms with Crippen molar-refractivity contribution in [2.45, 2.75) is 39.0 Å². The third-order valence-corrected chi connectivity index (χ3v) is 4.07. The Kier molecular flexibility index (Phi) is 7.20. The van der Waals surface area contributed by atoms with Gasteiger partial charge in [0, 0.05) is 10.9 Å². The van der Waals surface area contributed by atoms with Crippen molar-refractivity contribution < 1.29 is 9.53 Å². The van der Waals surface area contributed by atoms with Crippen molar-refractivity contribution in [3.05, 3.63) is 52.2 Å². The van der Waals surface area contributed by atoms with Crippen LogP contribution in [0.2, 0.25) is 0 Å². The molecule has 1 aliphatic carbocycles. The Bertz CT molecular complexity index is 579. The highest BCUT2D eigenvalue weighted by Gasteiger charge is 2.08. The number of allylic oxidation sites excluding steroid dienone is 3. The monoisotopic (exact) mass is 378 g/mol. The van der Waals surface area contributed by atoms with Crippen LogP contribution >= 0.6 is 15.9 Å². The summed E-state index contributed by atoms with van der Waals surface area (Å²) in [6.45, 7) is 2.10. The van der Waals surface area contributed by atoms with E-state index in [1.54, 1.807) is 0 Å². The summed E-state index contributed by atoms with van der Waals surface area (Å²) < 4.78 is 6.57. The van der Waals surface area contributed by atoms with Crippen molar-refractivity contribution in [2.75, 3.05) is 6.61 Å². The molecule has 4 nitrogen and oxygen atoms in total. The molecule has 0 heterocycles. The van der Waals surface area contributed by atoms with Crippen LogP contribution in [0.15, 0.2) is 46.6 Å². The van der Waals surface area contributed by atoms with E-state index in [0.29, 0.717) is 0 Å². The van der Waals surface area contributed by atoms with E-state index in [2.05, 4.69) is 39.8 Å². The Morgan fingerprint density at radius 2 is 2.04 bits per heavy atom. The van der Waals surface area contributed by atoms with Gasteiger partial charge < -0.3 is 4.74 Å². The molecule has 1 aliphatic rings. The lowest BCUT2D eigenvalue weighted by Gasteiger charge is -2.16. The van der Waals surface area contributed by atoms with Gasteiger partial charge in [-0.05, 0) is 49.5 Å². The predicted molar refractivity (Wildman–Crippen MR) is 96.2 cm³/mol. The zero-order valence-electron chi connectivity index (χ0n) is 13.4. The normalized spacial score (nSPS) is 14.9. The largest absolute Gasteiger partial charge is 0.488 e. The molecule has 124 valence electrons. The summed E-state index contributed by atoms with van der Waals surface area (Å²) in [7, 11) is 0. The lowest BCUT2D eigenvalue weighted by molar-refractivity contribution is -0.125. The van der Waals surface area contributed by atoms with E-state index >= 15 is 0 Å². The molecule has 0 saturated carbocycles. The number of halogens is 1. The molecule has 0 atom stereocenters. The van der Waals surface area contributed by atoms with E-state index in [1.807, 2.05) is 30.3 Å². The molecule has 1 amide bonds. The first-order valence-corrected chi connectivity index (χ1v) is 8.81. The lowest BCUT2D eigenvalue weighted by atomic mass is 10.1. The summed E-state index contributed by atoms with van der Waals surface area (Å²) in [5.41, 5.74) is 7.59. The first-order valence-electron chi connectivity index (χ1n) is 8.02. The van der Waals surface area contributed by atoms with E-state index < -0.39 is 0 Å².